The van der Waals surface area contributed by atoms with Gasteiger partial charge < -0.3 is 14.9 Å². The molecular formula is C17H31NO2SSi. The van der Waals surface area contributed by atoms with Crippen LogP contribution in [0.3, 0.4) is 0 Å². The number of benzene rings is 1. The summed E-state index contributed by atoms with van der Waals surface area (Å²) in [5.74, 6) is -0.239. The minimum atomic E-state index is -0.554. The fourth-order valence-corrected chi connectivity index (χ4v) is 3.71. The molecule has 5 heteroatoms. The molecule has 0 radical (unpaired) electrons. The third-order valence-electron chi connectivity index (χ3n) is 4.11. The molecule has 1 rings (SSSR count). The predicted octanol–water partition coefficient (Wildman–Crippen LogP) is 3.59. The predicted molar refractivity (Wildman–Crippen MR) is 100 cm³/mol. The van der Waals surface area contributed by atoms with Gasteiger partial charge in [0, 0.05) is 16.4 Å². The maximum atomic E-state index is 6.21. The lowest BCUT2D eigenvalue weighted by Gasteiger charge is -2.38. The highest BCUT2D eigenvalue weighted by molar-refractivity contribution is 7.98. The van der Waals surface area contributed by atoms with Crippen LogP contribution in [-0.2, 0) is 15.8 Å². The molecule has 0 heterocycles. The van der Waals surface area contributed by atoms with Crippen molar-refractivity contribution < 1.29 is 9.16 Å². The smallest absolute Gasteiger partial charge is 0.158 e. The summed E-state index contributed by atoms with van der Waals surface area (Å²) in [5, 5.41) is 0. The van der Waals surface area contributed by atoms with E-state index in [0.29, 0.717) is 23.0 Å². The molecule has 0 amide bonds. The summed E-state index contributed by atoms with van der Waals surface area (Å²) in [4.78, 5) is 1.09. The maximum Gasteiger partial charge on any atom is 0.158 e. The van der Waals surface area contributed by atoms with E-state index < -0.39 is 5.79 Å². The highest BCUT2D eigenvalue weighted by atomic mass is 32.2. The monoisotopic (exact) mass is 341 g/mol. The van der Waals surface area contributed by atoms with Crippen molar-refractivity contribution in [3.8, 4) is 0 Å². The Morgan fingerprint density at radius 2 is 1.91 bits per heavy atom. The van der Waals surface area contributed by atoms with Crippen molar-refractivity contribution in [2.45, 2.75) is 58.3 Å². The zero-order valence-corrected chi connectivity index (χ0v) is 17.8. The lowest BCUT2D eigenvalue weighted by molar-refractivity contribution is -0.212. The van der Waals surface area contributed by atoms with Gasteiger partial charge in [-0.15, -0.1) is 11.8 Å². The number of ether oxygens (including phenoxy) is 1. The topological polar surface area (TPSA) is 44.5 Å². The van der Waals surface area contributed by atoms with E-state index in [2.05, 4.69) is 27.7 Å². The van der Waals surface area contributed by atoms with Gasteiger partial charge >= 0.3 is 0 Å². The Balaban J connectivity index is 2.82. The van der Waals surface area contributed by atoms with Gasteiger partial charge in [-0.3, -0.25) is 0 Å². The minimum Gasteiger partial charge on any atom is -0.401 e. The Labute approximate surface area is 142 Å². The van der Waals surface area contributed by atoms with Crippen LogP contribution in [0.2, 0.25) is 0 Å². The zero-order valence-electron chi connectivity index (χ0n) is 15.0. The molecule has 1 aromatic carbocycles. The SMILES string of the molecule is CSc1cccc(COC(C)(O[SiH3])C(C)CC(C)(C)C)c1N. The Morgan fingerprint density at radius 1 is 1.27 bits per heavy atom. The number of nitrogen functional groups attached to an aromatic ring is 1. The van der Waals surface area contributed by atoms with E-state index >= 15 is 0 Å². The highest BCUT2D eigenvalue weighted by Crippen LogP contribution is 2.35. The summed E-state index contributed by atoms with van der Waals surface area (Å²) in [6.07, 6.45) is 3.08. The second-order valence-corrected chi connectivity index (χ2v) is 8.46. The molecule has 0 aliphatic heterocycles. The van der Waals surface area contributed by atoms with Crippen molar-refractivity contribution in [1.82, 2.24) is 0 Å². The minimum absolute atomic E-state index is 0.252. The van der Waals surface area contributed by atoms with E-state index in [9.17, 15) is 0 Å². The fraction of sp³-hybridized carbons (Fsp3) is 0.647. The quantitative estimate of drug-likeness (QED) is 0.356. The van der Waals surface area contributed by atoms with Gasteiger partial charge in [0.25, 0.3) is 0 Å². The van der Waals surface area contributed by atoms with Gasteiger partial charge in [0.05, 0.1) is 12.3 Å². The Bertz CT molecular complexity index is 490. The van der Waals surface area contributed by atoms with Gasteiger partial charge in [-0.05, 0) is 31.1 Å². The van der Waals surface area contributed by atoms with Crippen molar-refractivity contribution in [1.29, 1.82) is 0 Å². The van der Waals surface area contributed by atoms with Crippen molar-refractivity contribution in [2.24, 2.45) is 11.3 Å². The van der Waals surface area contributed by atoms with Crippen LogP contribution in [0.5, 0.6) is 0 Å². The van der Waals surface area contributed by atoms with Gasteiger partial charge in [-0.1, -0.05) is 39.8 Å². The molecule has 3 nitrogen and oxygen atoms in total. The molecule has 2 unspecified atom stereocenters. The summed E-state index contributed by atoms with van der Waals surface area (Å²) >= 11 is 1.66. The molecule has 0 aliphatic carbocycles. The van der Waals surface area contributed by atoms with Crippen molar-refractivity contribution in [2.75, 3.05) is 12.0 Å². The van der Waals surface area contributed by atoms with Crippen LogP contribution in [0, 0.1) is 11.3 Å². The Morgan fingerprint density at radius 3 is 2.41 bits per heavy atom. The molecule has 0 fully saturated rings. The lowest BCUT2D eigenvalue weighted by atomic mass is 9.82. The average Bonchev–Trinajstić information content (AvgIpc) is 2.44. The molecule has 0 aromatic heterocycles. The number of anilines is 1. The van der Waals surface area contributed by atoms with Gasteiger partial charge in [-0.2, -0.15) is 0 Å². The second kappa shape index (κ2) is 7.86. The number of para-hydroxylation sites is 1. The van der Waals surface area contributed by atoms with E-state index in [1.807, 2.05) is 31.4 Å². The Hall–Kier alpha value is -0.493. The molecule has 22 heavy (non-hydrogen) atoms. The maximum absolute atomic E-state index is 6.21. The number of thioether (sulfide) groups is 1. The number of nitrogens with two attached hydrogens (primary N) is 1. The molecule has 0 aliphatic rings. The normalized spacial score (nSPS) is 16.5. The van der Waals surface area contributed by atoms with E-state index in [1.165, 1.54) is 0 Å². The van der Waals surface area contributed by atoms with Crippen LogP contribution in [0.15, 0.2) is 23.1 Å². The van der Waals surface area contributed by atoms with Crippen LogP contribution in [0.1, 0.15) is 46.6 Å². The summed E-state index contributed by atoms with van der Waals surface area (Å²) in [6.45, 7) is 11.5. The van der Waals surface area contributed by atoms with Gasteiger partial charge in [0.2, 0.25) is 0 Å². The molecule has 2 N–H and O–H groups in total. The van der Waals surface area contributed by atoms with Gasteiger partial charge in [0.1, 0.15) is 10.5 Å². The molecule has 0 saturated carbocycles. The van der Waals surface area contributed by atoms with Gasteiger partial charge in [0.15, 0.2) is 5.79 Å². The summed E-state index contributed by atoms with van der Waals surface area (Å²) < 4.78 is 12.0. The first-order valence-corrected chi connectivity index (χ1v) is 9.77. The van der Waals surface area contributed by atoms with E-state index in [1.54, 1.807) is 11.8 Å². The lowest BCUT2D eigenvalue weighted by Crippen LogP contribution is -2.40. The molecule has 0 saturated heterocycles. The van der Waals surface area contributed by atoms with Crippen LogP contribution < -0.4 is 5.73 Å². The first kappa shape index (κ1) is 19.6. The van der Waals surface area contributed by atoms with E-state index in [4.69, 9.17) is 14.9 Å². The average molecular weight is 342 g/mol. The fourth-order valence-electron chi connectivity index (χ4n) is 2.62. The van der Waals surface area contributed by atoms with Crippen molar-refractivity contribution in [3.63, 3.8) is 0 Å². The molecule has 2 atom stereocenters. The first-order chi connectivity index (χ1) is 10.1. The summed E-state index contributed by atoms with van der Waals surface area (Å²) in [5.41, 5.74) is 8.30. The summed E-state index contributed by atoms with van der Waals surface area (Å²) in [7, 11) is 0.649. The Kier molecular flexibility index (Phi) is 6.99. The highest BCUT2D eigenvalue weighted by Gasteiger charge is 2.34. The van der Waals surface area contributed by atoms with Gasteiger partial charge in [-0.25, -0.2) is 0 Å². The number of hydrogen-bond acceptors (Lipinski definition) is 4. The van der Waals surface area contributed by atoms with Crippen LogP contribution >= 0.6 is 11.8 Å². The number of hydrogen-bond donors (Lipinski definition) is 1. The largest absolute Gasteiger partial charge is 0.401 e. The number of rotatable bonds is 7. The van der Waals surface area contributed by atoms with Crippen LogP contribution in [0.25, 0.3) is 0 Å². The summed E-state index contributed by atoms with van der Waals surface area (Å²) in [6, 6.07) is 6.09. The molecule has 0 spiro atoms. The molecule has 1 aromatic rings. The zero-order chi connectivity index (χ0) is 17.0. The standard InChI is InChI=1S/C17H31NO2SSi/c1-12(10-16(2,3)4)17(5,20-22)19-11-13-8-7-9-14(21-6)15(13)18/h7-9,12H,10-11,18H2,1-6,22H3. The second-order valence-electron chi connectivity index (χ2n) is 7.21. The molecule has 126 valence electrons. The molecule has 0 bridgehead atoms. The third kappa shape index (κ3) is 5.30. The van der Waals surface area contributed by atoms with Crippen LogP contribution in [0.4, 0.5) is 5.69 Å². The first-order valence-electron chi connectivity index (χ1n) is 7.73. The van der Waals surface area contributed by atoms with Crippen LogP contribution in [-0.4, -0.2) is 22.5 Å². The van der Waals surface area contributed by atoms with E-state index in [-0.39, 0.29) is 5.41 Å². The molecular weight excluding hydrogens is 310 g/mol. The third-order valence-corrected chi connectivity index (χ3v) is 5.72. The van der Waals surface area contributed by atoms with Crippen molar-refractivity contribution >= 4 is 27.9 Å². The van der Waals surface area contributed by atoms with Crippen molar-refractivity contribution in [3.05, 3.63) is 23.8 Å². The van der Waals surface area contributed by atoms with E-state index in [0.717, 1.165) is 22.6 Å².